The third-order valence-electron chi connectivity index (χ3n) is 6.50. The number of urea groups is 1. The summed E-state index contributed by atoms with van der Waals surface area (Å²) in [6.07, 6.45) is 3.09. The standard InChI is InChI=1S/C24H35N3O4/c1-24(2,3)31-23(29)25-13-9-20(10-14-25)27-21(18-7-5-4-6-8-18)17-26(22(27)28)19-11-15-30-16-12-19/h4-8,19-21H,9-17H2,1-3H3. The van der Waals surface area contributed by atoms with Gasteiger partial charge in [0, 0.05) is 44.9 Å². The summed E-state index contributed by atoms with van der Waals surface area (Å²) in [5, 5.41) is 0. The van der Waals surface area contributed by atoms with Gasteiger partial charge in [0.15, 0.2) is 0 Å². The van der Waals surface area contributed by atoms with Gasteiger partial charge < -0.3 is 24.2 Å². The minimum Gasteiger partial charge on any atom is -0.444 e. The molecule has 0 aliphatic carbocycles. The van der Waals surface area contributed by atoms with E-state index in [4.69, 9.17) is 9.47 Å². The first-order chi connectivity index (χ1) is 14.8. The van der Waals surface area contributed by atoms with Crippen molar-refractivity contribution < 1.29 is 19.1 Å². The summed E-state index contributed by atoms with van der Waals surface area (Å²) >= 11 is 0. The van der Waals surface area contributed by atoms with Crippen LogP contribution in [0.15, 0.2) is 30.3 Å². The summed E-state index contributed by atoms with van der Waals surface area (Å²) in [7, 11) is 0. The molecule has 170 valence electrons. The molecule has 0 bridgehead atoms. The van der Waals surface area contributed by atoms with Gasteiger partial charge in [0.05, 0.1) is 6.04 Å². The molecule has 4 rings (SSSR count). The molecule has 3 saturated heterocycles. The van der Waals surface area contributed by atoms with Crippen LogP contribution in [0, 0.1) is 0 Å². The average Bonchev–Trinajstić information content (AvgIpc) is 3.11. The Kier molecular flexibility index (Phi) is 6.42. The molecule has 0 N–H and O–H groups in total. The molecule has 3 amide bonds. The van der Waals surface area contributed by atoms with Gasteiger partial charge in [0.2, 0.25) is 0 Å². The van der Waals surface area contributed by atoms with Gasteiger partial charge in [-0.2, -0.15) is 0 Å². The lowest BCUT2D eigenvalue weighted by Crippen LogP contribution is -2.50. The third kappa shape index (κ3) is 4.97. The van der Waals surface area contributed by atoms with Gasteiger partial charge in [-0.05, 0) is 52.0 Å². The van der Waals surface area contributed by atoms with Gasteiger partial charge in [0.1, 0.15) is 5.60 Å². The van der Waals surface area contributed by atoms with Gasteiger partial charge in [-0.1, -0.05) is 30.3 Å². The predicted octanol–water partition coefficient (Wildman–Crippen LogP) is 4.04. The number of hydrogen-bond donors (Lipinski definition) is 0. The van der Waals surface area contributed by atoms with E-state index in [1.165, 1.54) is 5.56 Å². The molecule has 1 aromatic rings. The Bertz CT molecular complexity index is 765. The fourth-order valence-electron chi connectivity index (χ4n) is 4.94. The Hall–Kier alpha value is -2.28. The van der Waals surface area contributed by atoms with Crippen molar-refractivity contribution in [2.24, 2.45) is 0 Å². The van der Waals surface area contributed by atoms with Crippen LogP contribution in [0.2, 0.25) is 0 Å². The van der Waals surface area contributed by atoms with Crippen LogP contribution in [0.3, 0.4) is 0 Å². The number of likely N-dealkylation sites (tertiary alicyclic amines) is 1. The van der Waals surface area contributed by atoms with Gasteiger partial charge in [-0.3, -0.25) is 0 Å². The molecule has 3 aliphatic heterocycles. The van der Waals surface area contributed by atoms with E-state index in [1.54, 1.807) is 4.90 Å². The Labute approximate surface area is 185 Å². The molecule has 1 unspecified atom stereocenters. The molecule has 31 heavy (non-hydrogen) atoms. The summed E-state index contributed by atoms with van der Waals surface area (Å²) in [6.45, 7) is 9.04. The second-order valence-electron chi connectivity index (χ2n) is 9.81. The molecular weight excluding hydrogens is 394 g/mol. The van der Waals surface area contributed by atoms with Gasteiger partial charge in [0.25, 0.3) is 0 Å². The minimum atomic E-state index is -0.499. The largest absolute Gasteiger partial charge is 0.444 e. The zero-order valence-corrected chi connectivity index (χ0v) is 19.0. The van der Waals surface area contributed by atoms with Crippen molar-refractivity contribution in [3.8, 4) is 0 Å². The highest BCUT2D eigenvalue weighted by molar-refractivity contribution is 5.78. The zero-order chi connectivity index (χ0) is 22.0. The first-order valence-corrected chi connectivity index (χ1v) is 11.5. The SMILES string of the molecule is CC(C)(C)OC(=O)N1CCC(N2C(=O)N(C3CCOCC3)CC2c2ccccc2)CC1. The van der Waals surface area contributed by atoms with Crippen LogP contribution >= 0.6 is 0 Å². The van der Waals surface area contributed by atoms with E-state index in [0.29, 0.717) is 13.1 Å². The fraction of sp³-hybridized carbons (Fsp3) is 0.667. The number of benzene rings is 1. The predicted molar refractivity (Wildman–Crippen MR) is 118 cm³/mol. The number of piperidine rings is 1. The summed E-state index contributed by atoms with van der Waals surface area (Å²) < 4.78 is 11.0. The number of rotatable bonds is 3. The van der Waals surface area contributed by atoms with Gasteiger partial charge in [-0.15, -0.1) is 0 Å². The van der Waals surface area contributed by atoms with Crippen molar-refractivity contribution in [3.63, 3.8) is 0 Å². The quantitative estimate of drug-likeness (QED) is 0.727. The maximum absolute atomic E-state index is 13.6. The molecule has 3 heterocycles. The van der Waals surface area contributed by atoms with Crippen LogP contribution in [0.4, 0.5) is 9.59 Å². The highest BCUT2D eigenvalue weighted by Gasteiger charge is 2.45. The molecule has 7 heteroatoms. The van der Waals surface area contributed by atoms with Crippen LogP contribution in [0.5, 0.6) is 0 Å². The topological polar surface area (TPSA) is 62.3 Å². The van der Waals surface area contributed by atoms with E-state index in [0.717, 1.165) is 45.4 Å². The Balaban J connectivity index is 1.48. The highest BCUT2D eigenvalue weighted by atomic mass is 16.6. The molecule has 3 fully saturated rings. The lowest BCUT2D eigenvalue weighted by atomic mass is 9.99. The van der Waals surface area contributed by atoms with Crippen molar-refractivity contribution in [2.45, 2.75) is 70.2 Å². The molecule has 0 radical (unpaired) electrons. The first-order valence-electron chi connectivity index (χ1n) is 11.5. The fourth-order valence-corrected chi connectivity index (χ4v) is 4.94. The van der Waals surface area contributed by atoms with E-state index >= 15 is 0 Å². The Morgan fingerprint density at radius 3 is 2.26 bits per heavy atom. The monoisotopic (exact) mass is 429 g/mol. The molecule has 1 atom stereocenters. The van der Waals surface area contributed by atoms with Crippen molar-refractivity contribution in [2.75, 3.05) is 32.8 Å². The average molecular weight is 430 g/mol. The van der Waals surface area contributed by atoms with Crippen LogP contribution in [0.25, 0.3) is 0 Å². The lowest BCUT2D eigenvalue weighted by Gasteiger charge is -2.39. The molecule has 0 saturated carbocycles. The van der Waals surface area contributed by atoms with E-state index in [2.05, 4.69) is 21.9 Å². The summed E-state index contributed by atoms with van der Waals surface area (Å²) in [6, 6.07) is 10.9. The molecule has 1 aromatic carbocycles. The molecule has 0 spiro atoms. The number of nitrogens with zero attached hydrogens (tertiary/aromatic N) is 3. The maximum Gasteiger partial charge on any atom is 0.410 e. The van der Waals surface area contributed by atoms with Crippen molar-refractivity contribution in [1.29, 1.82) is 0 Å². The number of carbonyl (C=O) groups excluding carboxylic acids is 2. The second kappa shape index (κ2) is 9.07. The van der Waals surface area contributed by atoms with E-state index < -0.39 is 5.60 Å². The number of carbonyl (C=O) groups is 2. The highest BCUT2D eigenvalue weighted by Crippen LogP contribution is 2.37. The number of amides is 3. The normalized spacial score (nSPS) is 24.0. The second-order valence-corrected chi connectivity index (χ2v) is 9.81. The van der Waals surface area contributed by atoms with Crippen LogP contribution in [-0.2, 0) is 9.47 Å². The maximum atomic E-state index is 13.6. The Morgan fingerprint density at radius 2 is 1.65 bits per heavy atom. The minimum absolute atomic E-state index is 0.0506. The van der Waals surface area contributed by atoms with Crippen LogP contribution < -0.4 is 0 Å². The molecule has 0 aromatic heterocycles. The number of hydrogen-bond acceptors (Lipinski definition) is 4. The van der Waals surface area contributed by atoms with Crippen LogP contribution in [0.1, 0.15) is 58.1 Å². The summed E-state index contributed by atoms with van der Waals surface area (Å²) in [5.74, 6) is 0. The third-order valence-corrected chi connectivity index (χ3v) is 6.50. The van der Waals surface area contributed by atoms with Crippen molar-refractivity contribution in [3.05, 3.63) is 35.9 Å². The molecule has 3 aliphatic rings. The first kappa shape index (κ1) is 21.9. The smallest absolute Gasteiger partial charge is 0.410 e. The van der Waals surface area contributed by atoms with Gasteiger partial charge >= 0.3 is 12.1 Å². The zero-order valence-electron chi connectivity index (χ0n) is 19.0. The summed E-state index contributed by atoms with van der Waals surface area (Å²) in [4.78, 5) is 32.0. The summed E-state index contributed by atoms with van der Waals surface area (Å²) in [5.41, 5.74) is 0.682. The van der Waals surface area contributed by atoms with E-state index in [9.17, 15) is 9.59 Å². The number of ether oxygens (including phenoxy) is 2. The van der Waals surface area contributed by atoms with E-state index in [-0.39, 0.29) is 30.2 Å². The van der Waals surface area contributed by atoms with Crippen LogP contribution in [-0.4, -0.2) is 77.4 Å². The van der Waals surface area contributed by atoms with Gasteiger partial charge in [-0.25, -0.2) is 9.59 Å². The van der Waals surface area contributed by atoms with Crippen molar-refractivity contribution >= 4 is 12.1 Å². The lowest BCUT2D eigenvalue weighted by molar-refractivity contribution is 0.0156. The van der Waals surface area contributed by atoms with E-state index in [1.807, 2.05) is 39.0 Å². The molecular formula is C24H35N3O4. The Morgan fingerprint density at radius 1 is 1.00 bits per heavy atom. The van der Waals surface area contributed by atoms with Crippen molar-refractivity contribution in [1.82, 2.24) is 14.7 Å². The molecule has 7 nitrogen and oxygen atoms in total.